The van der Waals surface area contributed by atoms with Gasteiger partial charge in [0.15, 0.2) is 0 Å². The van der Waals surface area contributed by atoms with E-state index in [0.29, 0.717) is 13.0 Å². The lowest BCUT2D eigenvalue weighted by Gasteiger charge is -2.14. The van der Waals surface area contributed by atoms with Crippen LogP contribution in [-0.4, -0.2) is 47.3 Å². The number of hydrogen-bond donors (Lipinski definition) is 2. The van der Waals surface area contributed by atoms with E-state index in [-0.39, 0.29) is 36.2 Å². The molecule has 1 atom stereocenters. The van der Waals surface area contributed by atoms with E-state index < -0.39 is 6.04 Å². The summed E-state index contributed by atoms with van der Waals surface area (Å²) in [6, 6.07) is -0.191. The summed E-state index contributed by atoms with van der Waals surface area (Å²) in [6.45, 7) is 4.22. The molecule has 1 aliphatic heterocycles. The minimum absolute atomic E-state index is 0.0432. The van der Waals surface area contributed by atoms with Gasteiger partial charge in [0.1, 0.15) is 0 Å². The Bertz CT molecular complexity index is 391. The van der Waals surface area contributed by atoms with E-state index in [1.807, 2.05) is 13.8 Å². The van der Waals surface area contributed by atoms with Gasteiger partial charge >= 0.3 is 0 Å². The highest BCUT2D eigenvalue weighted by Crippen LogP contribution is 2.31. The molecule has 2 aliphatic rings. The third-order valence-electron chi connectivity index (χ3n) is 3.29. The zero-order valence-corrected chi connectivity index (χ0v) is 11.4. The van der Waals surface area contributed by atoms with Crippen LogP contribution in [-0.2, 0) is 14.4 Å². The molecule has 0 aromatic carbocycles. The summed E-state index contributed by atoms with van der Waals surface area (Å²) >= 11 is 0. The first-order chi connectivity index (χ1) is 8.99. The van der Waals surface area contributed by atoms with Crippen molar-refractivity contribution in [3.8, 4) is 0 Å². The molecule has 6 nitrogen and oxygen atoms in total. The average molecular weight is 267 g/mol. The Labute approximate surface area is 112 Å². The molecule has 0 radical (unpaired) electrons. The molecule has 2 N–H and O–H groups in total. The van der Waals surface area contributed by atoms with Crippen LogP contribution in [0.1, 0.15) is 39.5 Å². The summed E-state index contributed by atoms with van der Waals surface area (Å²) in [5, 5.41) is 5.79. The number of carbonyl (C=O) groups excluding carboxylic acids is 3. The molecule has 19 heavy (non-hydrogen) atoms. The maximum absolute atomic E-state index is 12.0. The van der Waals surface area contributed by atoms with Crippen molar-refractivity contribution < 1.29 is 14.4 Å². The summed E-state index contributed by atoms with van der Waals surface area (Å²) in [5.74, 6) is -0.258. The number of nitrogens with one attached hydrogen (secondary N) is 2. The number of nitrogens with zero attached hydrogens (tertiary/aromatic N) is 1. The lowest BCUT2D eigenvalue weighted by Crippen LogP contribution is -2.41. The van der Waals surface area contributed by atoms with Crippen LogP contribution in [0.25, 0.3) is 0 Å². The van der Waals surface area contributed by atoms with Crippen LogP contribution in [0.2, 0.25) is 0 Å². The first-order valence-corrected chi connectivity index (χ1v) is 6.87. The Hall–Kier alpha value is -1.43. The standard InChI is InChI=1S/C13H21N3O3/c1-8(2)15-11(17)5-6-14-10-7-12(18)16(13(10)19)9-3-4-9/h8-10,14H,3-7H2,1-2H3,(H,15,17). The van der Waals surface area contributed by atoms with E-state index in [1.54, 1.807) is 0 Å². The fraction of sp³-hybridized carbons (Fsp3) is 0.769. The molecule has 1 saturated carbocycles. The smallest absolute Gasteiger partial charge is 0.247 e. The molecule has 2 fully saturated rings. The fourth-order valence-corrected chi connectivity index (χ4v) is 2.28. The van der Waals surface area contributed by atoms with Crippen LogP contribution in [0.3, 0.4) is 0 Å². The van der Waals surface area contributed by atoms with E-state index in [2.05, 4.69) is 10.6 Å². The molecule has 2 rings (SSSR count). The van der Waals surface area contributed by atoms with Gasteiger partial charge in [-0.1, -0.05) is 0 Å². The summed E-state index contributed by atoms with van der Waals surface area (Å²) in [6.07, 6.45) is 2.41. The summed E-state index contributed by atoms with van der Waals surface area (Å²) < 4.78 is 0. The van der Waals surface area contributed by atoms with Gasteiger partial charge in [-0.25, -0.2) is 0 Å². The molecule has 0 aromatic rings. The third-order valence-corrected chi connectivity index (χ3v) is 3.29. The summed E-state index contributed by atoms with van der Waals surface area (Å²) in [4.78, 5) is 36.5. The van der Waals surface area contributed by atoms with Crippen molar-refractivity contribution in [3.63, 3.8) is 0 Å². The second-order valence-corrected chi connectivity index (χ2v) is 5.52. The van der Waals surface area contributed by atoms with E-state index in [9.17, 15) is 14.4 Å². The Morgan fingerprint density at radius 3 is 2.63 bits per heavy atom. The van der Waals surface area contributed by atoms with Crippen molar-refractivity contribution in [2.75, 3.05) is 6.54 Å². The van der Waals surface area contributed by atoms with Crippen LogP contribution in [0, 0.1) is 0 Å². The van der Waals surface area contributed by atoms with Crippen LogP contribution in [0.5, 0.6) is 0 Å². The minimum Gasteiger partial charge on any atom is -0.354 e. The quantitative estimate of drug-likeness (QED) is 0.652. The second kappa shape index (κ2) is 5.69. The van der Waals surface area contributed by atoms with E-state index >= 15 is 0 Å². The molecule has 3 amide bonds. The van der Waals surface area contributed by atoms with Gasteiger partial charge in [-0.2, -0.15) is 0 Å². The van der Waals surface area contributed by atoms with Gasteiger partial charge in [-0.15, -0.1) is 0 Å². The summed E-state index contributed by atoms with van der Waals surface area (Å²) in [7, 11) is 0. The van der Waals surface area contributed by atoms with Crippen molar-refractivity contribution in [2.24, 2.45) is 0 Å². The van der Waals surface area contributed by atoms with Crippen molar-refractivity contribution >= 4 is 17.7 Å². The molecule has 106 valence electrons. The second-order valence-electron chi connectivity index (χ2n) is 5.52. The molecule has 6 heteroatoms. The predicted octanol–water partition coefficient (Wildman–Crippen LogP) is -0.219. The number of rotatable bonds is 6. The van der Waals surface area contributed by atoms with Crippen LogP contribution < -0.4 is 10.6 Å². The largest absolute Gasteiger partial charge is 0.354 e. The minimum atomic E-state index is -0.444. The molecule has 0 spiro atoms. The molecule has 1 heterocycles. The number of hydrogen-bond acceptors (Lipinski definition) is 4. The maximum atomic E-state index is 12.0. The highest BCUT2D eigenvalue weighted by Gasteiger charge is 2.45. The van der Waals surface area contributed by atoms with Gasteiger partial charge in [0.25, 0.3) is 0 Å². The Balaban J connectivity index is 1.73. The normalized spacial score (nSPS) is 23.3. The van der Waals surface area contributed by atoms with E-state index in [1.165, 1.54) is 4.90 Å². The van der Waals surface area contributed by atoms with Gasteiger partial charge in [0, 0.05) is 25.0 Å². The fourth-order valence-electron chi connectivity index (χ4n) is 2.28. The van der Waals surface area contributed by atoms with Crippen LogP contribution in [0.15, 0.2) is 0 Å². The predicted molar refractivity (Wildman–Crippen MR) is 69.2 cm³/mol. The first kappa shape index (κ1) is 14.0. The number of amides is 3. The van der Waals surface area contributed by atoms with Crippen LogP contribution in [0.4, 0.5) is 0 Å². The van der Waals surface area contributed by atoms with Crippen molar-refractivity contribution in [1.82, 2.24) is 15.5 Å². The lowest BCUT2D eigenvalue weighted by molar-refractivity contribution is -0.139. The topological polar surface area (TPSA) is 78.5 Å². The van der Waals surface area contributed by atoms with Crippen LogP contribution >= 0.6 is 0 Å². The third kappa shape index (κ3) is 3.53. The first-order valence-electron chi connectivity index (χ1n) is 6.87. The average Bonchev–Trinajstić information content (AvgIpc) is 3.07. The number of carbonyl (C=O) groups is 3. The highest BCUT2D eigenvalue weighted by molar-refractivity contribution is 6.06. The van der Waals surface area contributed by atoms with Crippen molar-refractivity contribution in [2.45, 2.75) is 57.7 Å². The van der Waals surface area contributed by atoms with Gasteiger partial charge in [-0.3, -0.25) is 19.3 Å². The van der Waals surface area contributed by atoms with Gasteiger partial charge in [0.2, 0.25) is 17.7 Å². The Kier molecular flexibility index (Phi) is 4.19. The van der Waals surface area contributed by atoms with Gasteiger partial charge in [-0.05, 0) is 26.7 Å². The van der Waals surface area contributed by atoms with Crippen molar-refractivity contribution in [1.29, 1.82) is 0 Å². The molecular weight excluding hydrogens is 246 g/mol. The maximum Gasteiger partial charge on any atom is 0.247 e. The monoisotopic (exact) mass is 267 g/mol. The summed E-state index contributed by atoms with van der Waals surface area (Å²) in [5.41, 5.74) is 0. The van der Waals surface area contributed by atoms with Gasteiger partial charge < -0.3 is 10.6 Å². The zero-order chi connectivity index (χ0) is 14.0. The molecule has 1 unspecified atom stereocenters. The molecule has 0 bridgehead atoms. The molecule has 1 aliphatic carbocycles. The molecule has 1 saturated heterocycles. The van der Waals surface area contributed by atoms with E-state index in [4.69, 9.17) is 0 Å². The number of likely N-dealkylation sites (tertiary alicyclic amines) is 1. The van der Waals surface area contributed by atoms with E-state index in [0.717, 1.165) is 12.8 Å². The lowest BCUT2D eigenvalue weighted by atomic mass is 10.2. The van der Waals surface area contributed by atoms with Gasteiger partial charge in [0.05, 0.1) is 12.5 Å². The molecular formula is C13H21N3O3. The van der Waals surface area contributed by atoms with Crippen molar-refractivity contribution in [3.05, 3.63) is 0 Å². The zero-order valence-electron chi connectivity index (χ0n) is 11.4. The number of imide groups is 1. The Morgan fingerprint density at radius 1 is 1.37 bits per heavy atom. The SMILES string of the molecule is CC(C)NC(=O)CCNC1CC(=O)N(C2CC2)C1=O. The Morgan fingerprint density at radius 2 is 2.05 bits per heavy atom. The molecule has 0 aromatic heterocycles. The highest BCUT2D eigenvalue weighted by atomic mass is 16.2.